The van der Waals surface area contributed by atoms with Crippen LogP contribution in [0.25, 0.3) is 10.9 Å². The molecule has 0 amide bonds. The summed E-state index contributed by atoms with van der Waals surface area (Å²) in [6.45, 7) is 2.33. The van der Waals surface area contributed by atoms with E-state index in [1.165, 1.54) is 6.33 Å². The lowest BCUT2D eigenvalue weighted by atomic mass is 10.2. The van der Waals surface area contributed by atoms with Gasteiger partial charge in [0.15, 0.2) is 0 Å². The third kappa shape index (κ3) is 3.81. The third-order valence-corrected chi connectivity index (χ3v) is 4.33. The molecule has 4 rings (SSSR count). The van der Waals surface area contributed by atoms with E-state index in [0.29, 0.717) is 29.2 Å². The van der Waals surface area contributed by atoms with Crippen LogP contribution in [0.1, 0.15) is 6.92 Å². The van der Waals surface area contributed by atoms with Gasteiger partial charge in [-0.25, -0.2) is 9.97 Å². The number of para-hydroxylation sites is 3. The predicted molar refractivity (Wildman–Crippen MR) is 115 cm³/mol. The zero-order valence-electron chi connectivity index (χ0n) is 16.1. The number of fused-ring (bicyclic) bond motifs is 1. The molecule has 0 bridgehead atoms. The number of pyridine rings is 1. The first-order chi connectivity index (χ1) is 14.7. The van der Waals surface area contributed by atoms with Gasteiger partial charge in [0.25, 0.3) is 0 Å². The predicted octanol–water partition coefficient (Wildman–Crippen LogP) is 4.82. The SMILES string of the molecule is CCOc1ccccc1Nc1ncnc(Nc2cccc3cccnc23)c1[N+](=O)[O-]. The number of aromatic nitrogens is 3. The summed E-state index contributed by atoms with van der Waals surface area (Å²) in [5.74, 6) is 0.683. The van der Waals surface area contributed by atoms with E-state index in [-0.39, 0.29) is 17.3 Å². The molecule has 0 spiro atoms. The maximum absolute atomic E-state index is 11.9. The van der Waals surface area contributed by atoms with Crippen LogP contribution in [0.2, 0.25) is 0 Å². The number of ether oxygens (including phenoxy) is 1. The Morgan fingerprint density at radius 1 is 0.933 bits per heavy atom. The van der Waals surface area contributed by atoms with Crippen LogP contribution in [0.4, 0.5) is 28.7 Å². The lowest BCUT2D eigenvalue weighted by molar-refractivity contribution is -0.383. The Kier molecular flexibility index (Phi) is 5.33. The Bertz CT molecular complexity index is 1210. The minimum atomic E-state index is -0.521. The smallest absolute Gasteiger partial charge is 0.353 e. The summed E-state index contributed by atoms with van der Waals surface area (Å²) in [6, 6.07) is 16.5. The van der Waals surface area contributed by atoms with Crippen molar-refractivity contribution in [3.8, 4) is 5.75 Å². The Morgan fingerprint density at radius 2 is 1.63 bits per heavy atom. The number of rotatable bonds is 7. The first kappa shape index (κ1) is 19.1. The zero-order valence-corrected chi connectivity index (χ0v) is 16.1. The minimum Gasteiger partial charge on any atom is -0.492 e. The summed E-state index contributed by atoms with van der Waals surface area (Å²) in [6.07, 6.45) is 2.93. The standard InChI is InChI=1S/C21H18N6O3/c1-2-30-17-11-4-3-9-15(17)25-20-19(27(28)29)21(24-13-23-20)26-16-10-5-7-14-8-6-12-22-18(14)16/h3-13H,2H2,1H3,(H2,23,24,25,26). The molecule has 2 heterocycles. The Labute approximate surface area is 171 Å². The molecule has 9 heteroatoms. The molecule has 30 heavy (non-hydrogen) atoms. The lowest BCUT2D eigenvalue weighted by Crippen LogP contribution is -2.06. The first-order valence-electron chi connectivity index (χ1n) is 9.26. The quantitative estimate of drug-likeness (QED) is 0.334. The van der Waals surface area contributed by atoms with Crippen molar-refractivity contribution < 1.29 is 9.66 Å². The van der Waals surface area contributed by atoms with Crippen LogP contribution in [0, 0.1) is 10.1 Å². The van der Waals surface area contributed by atoms with Crippen molar-refractivity contribution in [2.75, 3.05) is 17.2 Å². The molecule has 150 valence electrons. The number of nitro groups is 1. The van der Waals surface area contributed by atoms with Gasteiger partial charge in [0.05, 0.1) is 28.4 Å². The molecule has 0 saturated heterocycles. The topological polar surface area (TPSA) is 115 Å². The van der Waals surface area contributed by atoms with E-state index in [9.17, 15) is 10.1 Å². The molecule has 0 fully saturated rings. The second-order valence-corrected chi connectivity index (χ2v) is 6.24. The average Bonchev–Trinajstić information content (AvgIpc) is 2.75. The van der Waals surface area contributed by atoms with Crippen molar-refractivity contribution >= 4 is 39.6 Å². The second kappa shape index (κ2) is 8.39. The molecule has 0 radical (unpaired) electrons. The number of anilines is 4. The van der Waals surface area contributed by atoms with E-state index in [1.54, 1.807) is 30.5 Å². The summed E-state index contributed by atoms with van der Waals surface area (Å²) in [4.78, 5) is 23.9. The van der Waals surface area contributed by atoms with Crippen molar-refractivity contribution in [2.45, 2.75) is 6.92 Å². The third-order valence-electron chi connectivity index (χ3n) is 4.33. The van der Waals surface area contributed by atoms with Gasteiger partial charge in [-0.2, -0.15) is 0 Å². The molecule has 2 aromatic carbocycles. The molecule has 9 nitrogen and oxygen atoms in total. The van der Waals surface area contributed by atoms with Gasteiger partial charge in [0.2, 0.25) is 11.6 Å². The summed E-state index contributed by atoms with van der Waals surface area (Å²) in [5, 5.41) is 18.8. The highest BCUT2D eigenvalue weighted by Crippen LogP contribution is 2.36. The van der Waals surface area contributed by atoms with Gasteiger partial charge in [-0.1, -0.05) is 30.3 Å². The van der Waals surface area contributed by atoms with Crippen LogP contribution in [0.5, 0.6) is 5.75 Å². The molecule has 0 aliphatic rings. The molecule has 2 N–H and O–H groups in total. The zero-order chi connectivity index (χ0) is 20.9. The number of hydrogen-bond acceptors (Lipinski definition) is 8. The Morgan fingerprint density at radius 3 is 2.40 bits per heavy atom. The molecule has 0 saturated carbocycles. The first-order valence-corrected chi connectivity index (χ1v) is 9.26. The van der Waals surface area contributed by atoms with Gasteiger partial charge in [-0.05, 0) is 31.2 Å². The highest BCUT2D eigenvalue weighted by Gasteiger charge is 2.24. The second-order valence-electron chi connectivity index (χ2n) is 6.24. The summed E-state index contributed by atoms with van der Waals surface area (Å²) >= 11 is 0. The van der Waals surface area contributed by atoms with Gasteiger partial charge in [-0.15, -0.1) is 0 Å². The van der Waals surface area contributed by atoms with Crippen molar-refractivity contribution in [3.63, 3.8) is 0 Å². The van der Waals surface area contributed by atoms with Gasteiger partial charge < -0.3 is 15.4 Å². The van der Waals surface area contributed by atoms with Gasteiger partial charge in [0.1, 0.15) is 12.1 Å². The van der Waals surface area contributed by atoms with Crippen LogP contribution in [0.15, 0.2) is 67.1 Å². The Hall–Kier alpha value is -4.27. The molecular formula is C21H18N6O3. The fraction of sp³-hybridized carbons (Fsp3) is 0.0952. The average molecular weight is 402 g/mol. The van der Waals surface area contributed by atoms with Crippen molar-refractivity contribution in [3.05, 3.63) is 77.2 Å². The number of benzene rings is 2. The fourth-order valence-electron chi connectivity index (χ4n) is 3.05. The van der Waals surface area contributed by atoms with E-state index in [1.807, 2.05) is 37.3 Å². The monoisotopic (exact) mass is 402 g/mol. The normalized spacial score (nSPS) is 10.6. The van der Waals surface area contributed by atoms with Crippen LogP contribution in [-0.2, 0) is 0 Å². The Balaban J connectivity index is 1.75. The van der Waals surface area contributed by atoms with E-state index in [4.69, 9.17) is 4.74 Å². The van der Waals surface area contributed by atoms with Gasteiger partial charge in [0, 0.05) is 11.6 Å². The van der Waals surface area contributed by atoms with Crippen molar-refractivity contribution in [1.82, 2.24) is 15.0 Å². The highest BCUT2D eigenvalue weighted by atomic mass is 16.6. The van der Waals surface area contributed by atoms with Crippen LogP contribution in [-0.4, -0.2) is 26.5 Å². The van der Waals surface area contributed by atoms with Crippen LogP contribution >= 0.6 is 0 Å². The summed E-state index contributed by atoms with van der Waals surface area (Å²) < 4.78 is 5.58. The minimum absolute atomic E-state index is 0.0536. The molecule has 4 aromatic rings. The molecule has 0 unspecified atom stereocenters. The number of nitrogens with zero attached hydrogens (tertiary/aromatic N) is 4. The highest BCUT2D eigenvalue weighted by molar-refractivity contribution is 5.93. The number of hydrogen-bond donors (Lipinski definition) is 2. The number of nitrogens with one attached hydrogen (secondary N) is 2. The van der Waals surface area contributed by atoms with Crippen LogP contribution in [0.3, 0.4) is 0 Å². The van der Waals surface area contributed by atoms with E-state index in [0.717, 1.165) is 5.39 Å². The van der Waals surface area contributed by atoms with E-state index < -0.39 is 4.92 Å². The van der Waals surface area contributed by atoms with Crippen LogP contribution < -0.4 is 15.4 Å². The summed E-state index contributed by atoms with van der Waals surface area (Å²) in [7, 11) is 0. The van der Waals surface area contributed by atoms with Crippen molar-refractivity contribution in [1.29, 1.82) is 0 Å². The van der Waals surface area contributed by atoms with Gasteiger partial charge in [-0.3, -0.25) is 15.1 Å². The largest absolute Gasteiger partial charge is 0.492 e. The van der Waals surface area contributed by atoms with E-state index >= 15 is 0 Å². The molecule has 0 aliphatic carbocycles. The lowest BCUT2D eigenvalue weighted by Gasteiger charge is -2.13. The molecule has 2 aromatic heterocycles. The summed E-state index contributed by atoms with van der Waals surface area (Å²) in [5.41, 5.74) is 1.58. The maximum Gasteiger partial charge on any atom is 0.353 e. The van der Waals surface area contributed by atoms with Crippen molar-refractivity contribution in [2.24, 2.45) is 0 Å². The maximum atomic E-state index is 11.9. The van der Waals surface area contributed by atoms with Gasteiger partial charge >= 0.3 is 5.69 Å². The molecule has 0 aliphatic heterocycles. The van der Waals surface area contributed by atoms with E-state index in [2.05, 4.69) is 25.6 Å². The molecular weight excluding hydrogens is 384 g/mol. The molecule has 0 atom stereocenters. The fourth-order valence-corrected chi connectivity index (χ4v) is 3.05.